The average Bonchev–Trinajstić information content (AvgIpc) is 2.64. The molecule has 0 saturated carbocycles. The van der Waals surface area contributed by atoms with Gasteiger partial charge in [-0.25, -0.2) is 0 Å². The molecular weight excluding hydrogens is 170 g/mol. The minimum absolute atomic E-state index is 0.791. The van der Waals surface area contributed by atoms with Crippen LogP contribution < -0.4 is 0 Å². The first-order chi connectivity index (χ1) is 6.77. The van der Waals surface area contributed by atoms with Gasteiger partial charge in [0.25, 0.3) is 0 Å². The number of hydrogen-bond donors (Lipinski definition) is 0. The van der Waals surface area contributed by atoms with E-state index in [2.05, 4.69) is 24.9 Å². The van der Waals surface area contributed by atoms with E-state index in [1.807, 2.05) is 26.1 Å². The van der Waals surface area contributed by atoms with Crippen molar-refractivity contribution >= 4 is 0 Å². The van der Waals surface area contributed by atoms with Gasteiger partial charge in [0.2, 0.25) is 0 Å². The van der Waals surface area contributed by atoms with Gasteiger partial charge in [0.05, 0.1) is 0 Å². The Labute approximate surface area is 87.6 Å². The fourth-order valence-corrected chi connectivity index (χ4v) is 1.92. The minimum atomic E-state index is 0.791. The van der Waals surface area contributed by atoms with E-state index in [4.69, 9.17) is 0 Å². The Hall–Kier alpha value is -0.850. The number of rotatable bonds is 1. The van der Waals surface area contributed by atoms with E-state index in [0.717, 1.165) is 11.8 Å². The predicted octanol–water partition coefficient (Wildman–Crippen LogP) is 3.48. The van der Waals surface area contributed by atoms with Crippen molar-refractivity contribution in [1.82, 2.24) is 4.98 Å². The molecule has 0 N–H and O–H groups in total. The molecule has 1 heterocycles. The lowest BCUT2D eigenvalue weighted by atomic mass is 9.93. The highest BCUT2D eigenvalue weighted by atomic mass is 14.7. The molecule has 1 nitrogen and oxygen atoms in total. The van der Waals surface area contributed by atoms with Gasteiger partial charge in [-0.15, -0.1) is 0 Å². The Balaban J connectivity index is 0.000000461. The zero-order valence-electron chi connectivity index (χ0n) is 9.75. The molecule has 0 aromatic carbocycles. The number of hydrogen-bond acceptors (Lipinski definition) is 1. The van der Waals surface area contributed by atoms with Crippen LogP contribution >= 0.6 is 0 Å². The van der Waals surface area contributed by atoms with Crippen LogP contribution in [0.4, 0.5) is 0 Å². The van der Waals surface area contributed by atoms with Crippen molar-refractivity contribution in [3.05, 3.63) is 29.6 Å². The predicted molar refractivity (Wildman–Crippen MR) is 61.3 cm³/mol. The fraction of sp³-hybridized carbons (Fsp3) is 0.615. The summed E-state index contributed by atoms with van der Waals surface area (Å²) in [6.45, 7) is 8.60. The Morgan fingerprint density at radius 1 is 1.29 bits per heavy atom. The third-order valence-electron chi connectivity index (χ3n) is 2.86. The maximum absolute atomic E-state index is 4.39. The van der Waals surface area contributed by atoms with Crippen molar-refractivity contribution in [3.63, 3.8) is 0 Å². The average molecular weight is 191 g/mol. The molecule has 0 bridgehead atoms. The van der Waals surface area contributed by atoms with Gasteiger partial charge in [-0.2, -0.15) is 0 Å². The smallest absolute Gasteiger partial charge is 0.0438 e. The molecule has 0 saturated heterocycles. The summed E-state index contributed by atoms with van der Waals surface area (Å²) in [5.74, 6) is 1.62. The standard InChI is InChI=1S/C11H15N.C2H6/c1-8(2)10-6-9-4-3-5-12-11(9)7-10;1-2/h3-5,8,10H,6-7H2,1-2H3;1-2H3. The summed E-state index contributed by atoms with van der Waals surface area (Å²) >= 11 is 0. The SMILES string of the molecule is CC.CC(C)C1Cc2cccnc2C1. The summed E-state index contributed by atoms with van der Waals surface area (Å²) in [7, 11) is 0. The van der Waals surface area contributed by atoms with E-state index in [9.17, 15) is 0 Å². The maximum Gasteiger partial charge on any atom is 0.0438 e. The van der Waals surface area contributed by atoms with Gasteiger partial charge in [0.1, 0.15) is 0 Å². The molecule has 14 heavy (non-hydrogen) atoms. The molecule has 0 aliphatic heterocycles. The lowest BCUT2D eigenvalue weighted by Gasteiger charge is -2.11. The van der Waals surface area contributed by atoms with Crippen molar-refractivity contribution < 1.29 is 0 Å². The first-order valence-electron chi connectivity index (χ1n) is 5.70. The van der Waals surface area contributed by atoms with E-state index < -0.39 is 0 Å². The molecule has 1 aliphatic rings. The second kappa shape index (κ2) is 5.14. The largest absolute Gasteiger partial charge is 0.261 e. The number of pyridine rings is 1. The first-order valence-corrected chi connectivity index (χ1v) is 5.70. The van der Waals surface area contributed by atoms with Gasteiger partial charge < -0.3 is 0 Å². The monoisotopic (exact) mass is 191 g/mol. The number of nitrogens with zero attached hydrogens (tertiary/aromatic N) is 1. The van der Waals surface area contributed by atoms with Crippen molar-refractivity contribution in [3.8, 4) is 0 Å². The van der Waals surface area contributed by atoms with Gasteiger partial charge in [-0.3, -0.25) is 4.98 Å². The van der Waals surface area contributed by atoms with Crippen molar-refractivity contribution in [2.75, 3.05) is 0 Å². The van der Waals surface area contributed by atoms with E-state index in [-0.39, 0.29) is 0 Å². The van der Waals surface area contributed by atoms with E-state index in [1.165, 1.54) is 24.1 Å². The molecule has 1 heteroatoms. The van der Waals surface area contributed by atoms with E-state index >= 15 is 0 Å². The van der Waals surface area contributed by atoms with Gasteiger partial charge in [-0.05, 0) is 36.3 Å². The highest BCUT2D eigenvalue weighted by Crippen LogP contribution is 2.29. The summed E-state index contributed by atoms with van der Waals surface area (Å²) in [4.78, 5) is 4.39. The summed E-state index contributed by atoms with van der Waals surface area (Å²) in [5.41, 5.74) is 2.80. The Morgan fingerprint density at radius 2 is 2.00 bits per heavy atom. The Kier molecular flexibility index (Phi) is 4.12. The third-order valence-corrected chi connectivity index (χ3v) is 2.86. The molecule has 0 amide bonds. The Morgan fingerprint density at radius 3 is 2.57 bits per heavy atom. The lowest BCUT2D eigenvalue weighted by Crippen LogP contribution is -2.07. The second-order valence-electron chi connectivity index (χ2n) is 4.02. The van der Waals surface area contributed by atoms with E-state index in [0.29, 0.717) is 0 Å². The zero-order valence-corrected chi connectivity index (χ0v) is 9.75. The van der Waals surface area contributed by atoms with Crippen LogP contribution in [0.1, 0.15) is 39.0 Å². The number of aromatic nitrogens is 1. The number of fused-ring (bicyclic) bond motifs is 1. The van der Waals surface area contributed by atoms with Crippen LogP contribution in [-0.4, -0.2) is 4.98 Å². The van der Waals surface area contributed by atoms with Crippen molar-refractivity contribution in [2.45, 2.75) is 40.5 Å². The van der Waals surface area contributed by atoms with Gasteiger partial charge >= 0.3 is 0 Å². The molecule has 1 atom stereocenters. The lowest BCUT2D eigenvalue weighted by molar-refractivity contribution is 0.402. The molecule has 2 rings (SSSR count). The van der Waals surface area contributed by atoms with Gasteiger partial charge in [0.15, 0.2) is 0 Å². The minimum Gasteiger partial charge on any atom is -0.261 e. The summed E-state index contributed by atoms with van der Waals surface area (Å²) < 4.78 is 0. The molecule has 78 valence electrons. The van der Waals surface area contributed by atoms with Crippen LogP contribution in [0.3, 0.4) is 0 Å². The quantitative estimate of drug-likeness (QED) is 0.662. The molecule has 1 aromatic heterocycles. The Bertz CT molecular complexity index is 253. The topological polar surface area (TPSA) is 12.9 Å². The van der Waals surface area contributed by atoms with Crippen LogP contribution in [0.5, 0.6) is 0 Å². The van der Waals surface area contributed by atoms with Crippen LogP contribution in [0.25, 0.3) is 0 Å². The third kappa shape index (κ3) is 2.34. The molecule has 0 fully saturated rings. The van der Waals surface area contributed by atoms with Crippen LogP contribution in [0.2, 0.25) is 0 Å². The highest BCUT2D eigenvalue weighted by molar-refractivity contribution is 5.25. The van der Waals surface area contributed by atoms with Crippen molar-refractivity contribution in [2.24, 2.45) is 11.8 Å². The van der Waals surface area contributed by atoms with Crippen LogP contribution in [-0.2, 0) is 12.8 Å². The second-order valence-corrected chi connectivity index (χ2v) is 4.02. The summed E-state index contributed by atoms with van der Waals surface area (Å²) in [6, 6.07) is 4.26. The fourth-order valence-electron chi connectivity index (χ4n) is 1.92. The van der Waals surface area contributed by atoms with Gasteiger partial charge in [0, 0.05) is 11.9 Å². The maximum atomic E-state index is 4.39. The summed E-state index contributed by atoms with van der Waals surface area (Å²) in [6.07, 6.45) is 4.33. The zero-order chi connectivity index (χ0) is 10.6. The highest BCUT2D eigenvalue weighted by Gasteiger charge is 2.24. The van der Waals surface area contributed by atoms with Crippen LogP contribution in [0, 0.1) is 11.8 Å². The summed E-state index contributed by atoms with van der Waals surface area (Å²) in [5, 5.41) is 0. The molecule has 1 unspecified atom stereocenters. The first kappa shape index (κ1) is 11.2. The molecule has 1 aliphatic carbocycles. The normalized spacial score (nSPS) is 18.8. The van der Waals surface area contributed by atoms with Gasteiger partial charge in [-0.1, -0.05) is 33.8 Å². The molecule has 1 aromatic rings. The van der Waals surface area contributed by atoms with E-state index in [1.54, 1.807) is 0 Å². The van der Waals surface area contributed by atoms with Crippen LogP contribution in [0.15, 0.2) is 18.3 Å². The molecule has 0 spiro atoms. The van der Waals surface area contributed by atoms with Crippen molar-refractivity contribution in [1.29, 1.82) is 0 Å². The molecular formula is C13H21N. The molecule has 0 radical (unpaired) electrons.